The van der Waals surface area contributed by atoms with Gasteiger partial charge >= 0.3 is 0 Å². The van der Waals surface area contributed by atoms with Gasteiger partial charge in [0.05, 0.1) is 5.02 Å². The van der Waals surface area contributed by atoms with Crippen LogP contribution in [-0.2, 0) is 0 Å². The summed E-state index contributed by atoms with van der Waals surface area (Å²) in [7, 11) is 0. The van der Waals surface area contributed by atoms with E-state index in [4.69, 9.17) is 26.8 Å². The lowest BCUT2D eigenvalue weighted by molar-refractivity contribution is 0.147. The van der Waals surface area contributed by atoms with E-state index in [0.717, 1.165) is 17.9 Å². The van der Waals surface area contributed by atoms with Gasteiger partial charge in [-0.25, -0.2) is 0 Å². The normalized spacial score (nSPS) is 19.4. The van der Waals surface area contributed by atoms with E-state index in [-0.39, 0.29) is 12.8 Å². The number of nitrogens with two attached hydrogens (primary N) is 1. The molecule has 1 aliphatic carbocycles. The van der Waals surface area contributed by atoms with Gasteiger partial charge in [-0.05, 0) is 37.1 Å². The molecular formula is C16H23ClN2O2. The fourth-order valence-corrected chi connectivity index (χ4v) is 3.89. The molecule has 116 valence electrons. The number of hydrogen-bond donors (Lipinski definition) is 1. The zero-order valence-corrected chi connectivity index (χ0v) is 13.2. The molecule has 1 atom stereocenters. The van der Waals surface area contributed by atoms with Crippen LogP contribution in [0.4, 0.5) is 0 Å². The Bertz CT molecular complexity index is 503. The molecule has 0 aromatic heterocycles. The number of ether oxygens (including phenoxy) is 2. The molecule has 1 heterocycles. The van der Waals surface area contributed by atoms with E-state index < -0.39 is 0 Å². The van der Waals surface area contributed by atoms with Crippen LogP contribution in [0.3, 0.4) is 0 Å². The third kappa shape index (κ3) is 2.85. The minimum absolute atomic E-state index is 0.185. The maximum Gasteiger partial charge on any atom is 0.231 e. The molecule has 2 N–H and O–H groups in total. The summed E-state index contributed by atoms with van der Waals surface area (Å²) in [4.78, 5) is 2.51. The second-order valence-corrected chi connectivity index (χ2v) is 6.16. The Morgan fingerprint density at radius 1 is 1.33 bits per heavy atom. The second-order valence-electron chi connectivity index (χ2n) is 5.76. The average Bonchev–Trinajstić information content (AvgIpc) is 3.15. The number of nitrogens with zero attached hydrogens (tertiary/aromatic N) is 1. The van der Waals surface area contributed by atoms with Crippen molar-refractivity contribution in [2.45, 2.75) is 44.7 Å². The second kappa shape index (κ2) is 6.42. The van der Waals surface area contributed by atoms with Crippen molar-refractivity contribution >= 4 is 11.6 Å². The standard InChI is InChI=1S/C16H23ClN2O2/c1-2-19(12-5-3-4-6-12)14(9-18)11-7-13(17)16-15(8-11)20-10-21-16/h7-8,12,14H,2-6,9-10,18H2,1H3. The fourth-order valence-electron chi connectivity index (χ4n) is 3.61. The maximum absolute atomic E-state index is 6.32. The summed E-state index contributed by atoms with van der Waals surface area (Å²) in [6.45, 7) is 4.03. The molecule has 1 aromatic rings. The van der Waals surface area contributed by atoms with E-state index in [9.17, 15) is 0 Å². The molecule has 0 radical (unpaired) electrons. The molecule has 1 aromatic carbocycles. The summed E-state index contributed by atoms with van der Waals surface area (Å²) in [5.41, 5.74) is 7.21. The third-order valence-corrected chi connectivity index (χ3v) is 4.90. The first-order valence-electron chi connectivity index (χ1n) is 7.79. The van der Waals surface area contributed by atoms with Crippen molar-refractivity contribution < 1.29 is 9.47 Å². The van der Waals surface area contributed by atoms with Crippen molar-refractivity contribution in [3.63, 3.8) is 0 Å². The highest BCUT2D eigenvalue weighted by molar-refractivity contribution is 6.32. The van der Waals surface area contributed by atoms with E-state index in [0.29, 0.717) is 23.4 Å². The summed E-state index contributed by atoms with van der Waals surface area (Å²) in [6.07, 6.45) is 5.17. The van der Waals surface area contributed by atoms with Crippen LogP contribution in [0, 0.1) is 0 Å². The first-order chi connectivity index (χ1) is 10.2. The molecule has 0 spiro atoms. The highest BCUT2D eigenvalue weighted by atomic mass is 35.5. The van der Waals surface area contributed by atoms with E-state index in [1.807, 2.05) is 12.1 Å². The third-order valence-electron chi connectivity index (χ3n) is 4.62. The Morgan fingerprint density at radius 3 is 2.76 bits per heavy atom. The first-order valence-corrected chi connectivity index (χ1v) is 8.17. The van der Waals surface area contributed by atoms with Crippen LogP contribution in [0.5, 0.6) is 11.5 Å². The Balaban J connectivity index is 1.90. The molecule has 4 nitrogen and oxygen atoms in total. The van der Waals surface area contributed by atoms with Crippen LogP contribution in [0.1, 0.15) is 44.2 Å². The van der Waals surface area contributed by atoms with Gasteiger partial charge in [-0.3, -0.25) is 4.90 Å². The van der Waals surface area contributed by atoms with Crippen LogP contribution in [-0.4, -0.2) is 30.8 Å². The summed E-state index contributed by atoms with van der Waals surface area (Å²) >= 11 is 6.32. The van der Waals surface area contributed by atoms with Crippen molar-refractivity contribution in [3.8, 4) is 11.5 Å². The monoisotopic (exact) mass is 310 g/mol. The van der Waals surface area contributed by atoms with Crippen molar-refractivity contribution in [1.82, 2.24) is 4.90 Å². The molecule has 3 rings (SSSR count). The van der Waals surface area contributed by atoms with E-state index in [1.54, 1.807) is 0 Å². The lowest BCUT2D eigenvalue weighted by atomic mass is 10.0. The highest BCUT2D eigenvalue weighted by Crippen LogP contribution is 2.42. The van der Waals surface area contributed by atoms with Gasteiger partial charge in [0, 0.05) is 18.6 Å². The van der Waals surface area contributed by atoms with Crippen LogP contribution in [0.15, 0.2) is 12.1 Å². The highest BCUT2D eigenvalue weighted by Gasteiger charge is 2.29. The topological polar surface area (TPSA) is 47.7 Å². The average molecular weight is 311 g/mol. The number of fused-ring (bicyclic) bond motifs is 1. The van der Waals surface area contributed by atoms with Gasteiger partial charge in [0.15, 0.2) is 11.5 Å². The van der Waals surface area contributed by atoms with Gasteiger partial charge in [0.1, 0.15) is 0 Å². The zero-order valence-electron chi connectivity index (χ0n) is 12.5. The molecule has 0 bridgehead atoms. The maximum atomic E-state index is 6.32. The Hall–Kier alpha value is -0.970. The zero-order chi connectivity index (χ0) is 14.8. The molecule has 0 amide bonds. The minimum atomic E-state index is 0.185. The SMILES string of the molecule is CCN(C1CCCC1)C(CN)c1cc(Cl)c2c(c1)OCO2. The predicted molar refractivity (Wildman–Crippen MR) is 84.0 cm³/mol. The van der Waals surface area contributed by atoms with Crippen molar-refractivity contribution in [2.75, 3.05) is 19.9 Å². The summed E-state index contributed by atoms with van der Waals surface area (Å²) in [5.74, 6) is 1.39. The quantitative estimate of drug-likeness (QED) is 0.906. The van der Waals surface area contributed by atoms with Gasteiger partial charge in [-0.2, -0.15) is 0 Å². The van der Waals surface area contributed by atoms with Crippen molar-refractivity contribution in [3.05, 3.63) is 22.7 Å². The summed E-state index contributed by atoms with van der Waals surface area (Å²) in [6, 6.07) is 4.82. The van der Waals surface area contributed by atoms with E-state index in [1.165, 1.54) is 25.7 Å². The molecule has 1 saturated carbocycles. The molecule has 2 aliphatic rings. The Morgan fingerprint density at radius 2 is 2.10 bits per heavy atom. The van der Waals surface area contributed by atoms with Gasteiger partial charge in [0.25, 0.3) is 0 Å². The van der Waals surface area contributed by atoms with Crippen molar-refractivity contribution in [1.29, 1.82) is 0 Å². The van der Waals surface area contributed by atoms with Crippen LogP contribution >= 0.6 is 11.6 Å². The predicted octanol–water partition coefficient (Wildman–Crippen LogP) is 3.33. The molecule has 1 fully saturated rings. The summed E-state index contributed by atoms with van der Waals surface area (Å²) in [5, 5.41) is 0.612. The smallest absolute Gasteiger partial charge is 0.231 e. The lowest BCUT2D eigenvalue weighted by Crippen LogP contribution is -2.40. The molecule has 0 saturated heterocycles. The minimum Gasteiger partial charge on any atom is -0.454 e. The van der Waals surface area contributed by atoms with Gasteiger partial charge in [-0.1, -0.05) is 31.4 Å². The number of likely N-dealkylation sites (N-methyl/N-ethyl adjacent to an activating group) is 1. The molecule has 1 unspecified atom stereocenters. The number of benzene rings is 1. The number of halogens is 1. The largest absolute Gasteiger partial charge is 0.454 e. The molecular weight excluding hydrogens is 288 g/mol. The first kappa shape index (κ1) is 14.9. The van der Waals surface area contributed by atoms with E-state index in [2.05, 4.69) is 11.8 Å². The number of rotatable bonds is 5. The van der Waals surface area contributed by atoms with Crippen LogP contribution in [0.2, 0.25) is 5.02 Å². The van der Waals surface area contributed by atoms with Gasteiger partial charge < -0.3 is 15.2 Å². The van der Waals surface area contributed by atoms with Crippen LogP contribution in [0.25, 0.3) is 0 Å². The van der Waals surface area contributed by atoms with Crippen molar-refractivity contribution in [2.24, 2.45) is 5.73 Å². The lowest BCUT2D eigenvalue weighted by Gasteiger charge is -2.35. The fraction of sp³-hybridized carbons (Fsp3) is 0.625. The van der Waals surface area contributed by atoms with Gasteiger partial charge in [-0.15, -0.1) is 0 Å². The summed E-state index contributed by atoms with van der Waals surface area (Å²) < 4.78 is 10.9. The van der Waals surface area contributed by atoms with Gasteiger partial charge in [0.2, 0.25) is 6.79 Å². The van der Waals surface area contributed by atoms with Crippen LogP contribution < -0.4 is 15.2 Å². The Kier molecular flexibility index (Phi) is 4.57. The molecule has 21 heavy (non-hydrogen) atoms. The molecule has 1 aliphatic heterocycles. The molecule has 5 heteroatoms. The van der Waals surface area contributed by atoms with E-state index >= 15 is 0 Å². The number of hydrogen-bond acceptors (Lipinski definition) is 4. The Labute approximate surface area is 131 Å².